The van der Waals surface area contributed by atoms with Crippen molar-refractivity contribution < 1.29 is 4.74 Å². The minimum absolute atomic E-state index is 0.218. The quantitative estimate of drug-likeness (QED) is 0.693. The maximum atomic E-state index is 5.11. The first-order valence-electron chi connectivity index (χ1n) is 6.13. The zero-order valence-electron chi connectivity index (χ0n) is 9.99. The molecule has 0 heterocycles. The molecule has 0 aromatic heterocycles. The lowest BCUT2D eigenvalue weighted by Crippen LogP contribution is -2.26. The van der Waals surface area contributed by atoms with E-state index < -0.39 is 0 Å². The van der Waals surface area contributed by atoms with Crippen molar-refractivity contribution in [3.63, 3.8) is 0 Å². The molecule has 0 amide bonds. The Kier molecular flexibility index (Phi) is 3.66. The van der Waals surface area contributed by atoms with Crippen LogP contribution in [0.4, 0.5) is 0 Å². The van der Waals surface area contributed by atoms with Crippen LogP contribution in [0, 0.1) is 0 Å². The summed E-state index contributed by atoms with van der Waals surface area (Å²) in [6.45, 7) is 0. The highest BCUT2D eigenvalue weighted by molar-refractivity contribution is 5.31. The molecule has 0 saturated heterocycles. The third kappa shape index (κ3) is 2.29. The van der Waals surface area contributed by atoms with Gasteiger partial charge in [0.1, 0.15) is 0 Å². The molecule has 0 atom stereocenters. The van der Waals surface area contributed by atoms with E-state index in [-0.39, 0.29) is 5.41 Å². The van der Waals surface area contributed by atoms with E-state index in [1.165, 1.54) is 37.7 Å². The summed E-state index contributed by atoms with van der Waals surface area (Å²) in [6.07, 6.45) is 10.6. The average molecular weight is 216 g/mol. The molecule has 0 radical (unpaired) electrons. The van der Waals surface area contributed by atoms with E-state index in [0.29, 0.717) is 0 Å². The standard InChI is InChI=1S/C15H20O/c1-16-13-12-15(10-6-3-7-11-15)14-8-4-2-5-9-14/h2,4-5,8-9,12-13H,3,6-7,10-11H2,1H3/b13-12+. The SMILES string of the molecule is CO/C=C/C1(c2ccccc2)CCCCC1. The molecule has 1 saturated carbocycles. The summed E-state index contributed by atoms with van der Waals surface area (Å²) in [6, 6.07) is 10.8. The Morgan fingerprint density at radius 3 is 2.38 bits per heavy atom. The molecule has 1 aromatic rings. The van der Waals surface area contributed by atoms with Crippen LogP contribution in [0.3, 0.4) is 0 Å². The van der Waals surface area contributed by atoms with Crippen LogP contribution < -0.4 is 0 Å². The smallest absolute Gasteiger partial charge is 0.0793 e. The van der Waals surface area contributed by atoms with Crippen LogP contribution in [0.2, 0.25) is 0 Å². The van der Waals surface area contributed by atoms with Crippen LogP contribution >= 0.6 is 0 Å². The number of ether oxygens (including phenoxy) is 1. The molecule has 0 N–H and O–H groups in total. The molecule has 1 aromatic carbocycles. The van der Waals surface area contributed by atoms with Crippen LogP contribution in [0.25, 0.3) is 0 Å². The van der Waals surface area contributed by atoms with E-state index in [1.54, 1.807) is 7.11 Å². The Morgan fingerprint density at radius 2 is 1.75 bits per heavy atom. The van der Waals surface area contributed by atoms with Gasteiger partial charge in [-0.1, -0.05) is 49.6 Å². The van der Waals surface area contributed by atoms with E-state index in [9.17, 15) is 0 Å². The van der Waals surface area contributed by atoms with E-state index in [4.69, 9.17) is 4.74 Å². The Bertz CT molecular complexity index is 334. The summed E-state index contributed by atoms with van der Waals surface area (Å²) in [5, 5.41) is 0. The van der Waals surface area contributed by atoms with Gasteiger partial charge in [-0.3, -0.25) is 0 Å². The van der Waals surface area contributed by atoms with Gasteiger partial charge < -0.3 is 4.74 Å². The van der Waals surface area contributed by atoms with Crippen LogP contribution in [0.15, 0.2) is 42.7 Å². The highest BCUT2D eigenvalue weighted by atomic mass is 16.5. The lowest BCUT2D eigenvalue weighted by Gasteiger charge is -2.35. The maximum absolute atomic E-state index is 5.11. The molecule has 2 rings (SSSR count). The number of hydrogen-bond donors (Lipinski definition) is 0. The number of rotatable bonds is 3. The highest BCUT2D eigenvalue weighted by Gasteiger charge is 2.31. The van der Waals surface area contributed by atoms with Gasteiger partial charge >= 0.3 is 0 Å². The number of allylic oxidation sites excluding steroid dienone is 1. The third-order valence-electron chi connectivity index (χ3n) is 3.62. The first-order chi connectivity index (χ1) is 7.87. The van der Waals surface area contributed by atoms with Gasteiger partial charge in [-0.15, -0.1) is 0 Å². The number of hydrogen-bond acceptors (Lipinski definition) is 1. The zero-order valence-corrected chi connectivity index (χ0v) is 9.99. The minimum atomic E-state index is 0.218. The Hall–Kier alpha value is -1.24. The second-order valence-corrected chi connectivity index (χ2v) is 4.62. The zero-order chi connectivity index (χ0) is 11.3. The van der Waals surface area contributed by atoms with Crippen molar-refractivity contribution in [3.8, 4) is 0 Å². The van der Waals surface area contributed by atoms with Gasteiger partial charge in [-0.2, -0.15) is 0 Å². The van der Waals surface area contributed by atoms with E-state index in [2.05, 4.69) is 36.4 Å². The summed E-state index contributed by atoms with van der Waals surface area (Å²) in [5.41, 5.74) is 1.65. The molecule has 1 aliphatic rings. The summed E-state index contributed by atoms with van der Waals surface area (Å²) >= 11 is 0. The van der Waals surface area contributed by atoms with Gasteiger partial charge in [0, 0.05) is 5.41 Å². The molecule has 0 aliphatic heterocycles. The topological polar surface area (TPSA) is 9.23 Å². The predicted octanol–water partition coefficient (Wildman–Crippen LogP) is 4.05. The lowest BCUT2D eigenvalue weighted by molar-refractivity contribution is 0.312. The Morgan fingerprint density at radius 1 is 1.06 bits per heavy atom. The van der Waals surface area contributed by atoms with E-state index in [0.717, 1.165) is 0 Å². The summed E-state index contributed by atoms with van der Waals surface area (Å²) in [5.74, 6) is 0. The van der Waals surface area contributed by atoms with Crippen LogP contribution in [0.1, 0.15) is 37.7 Å². The van der Waals surface area contributed by atoms with Gasteiger partial charge in [0.2, 0.25) is 0 Å². The largest absolute Gasteiger partial charge is 0.505 e. The van der Waals surface area contributed by atoms with Crippen LogP contribution in [0.5, 0.6) is 0 Å². The second kappa shape index (κ2) is 5.20. The molecule has 1 heteroatoms. The fourth-order valence-corrected chi connectivity index (χ4v) is 2.70. The van der Waals surface area contributed by atoms with Crippen molar-refractivity contribution in [1.82, 2.24) is 0 Å². The van der Waals surface area contributed by atoms with Crippen molar-refractivity contribution in [3.05, 3.63) is 48.2 Å². The predicted molar refractivity (Wildman–Crippen MR) is 67.4 cm³/mol. The number of methoxy groups -OCH3 is 1. The first kappa shape index (κ1) is 11.3. The van der Waals surface area contributed by atoms with Crippen LogP contribution in [-0.4, -0.2) is 7.11 Å². The van der Waals surface area contributed by atoms with Gasteiger partial charge in [0.05, 0.1) is 13.4 Å². The molecule has 0 spiro atoms. The van der Waals surface area contributed by atoms with Gasteiger partial charge in [0.25, 0.3) is 0 Å². The normalized spacial score (nSPS) is 19.8. The molecule has 1 nitrogen and oxygen atoms in total. The fourth-order valence-electron chi connectivity index (χ4n) is 2.70. The second-order valence-electron chi connectivity index (χ2n) is 4.62. The fraction of sp³-hybridized carbons (Fsp3) is 0.467. The van der Waals surface area contributed by atoms with E-state index >= 15 is 0 Å². The van der Waals surface area contributed by atoms with Crippen molar-refractivity contribution in [2.24, 2.45) is 0 Å². The van der Waals surface area contributed by atoms with Crippen molar-refractivity contribution in [1.29, 1.82) is 0 Å². The lowest BCUT2D eigenvalue weighted by atomic mass is 9.69. The molecular formula is C15H20O. The maximum Gasteiger partial charge on any atom is 0.0793 e. The molecule has 0 unspecified atom stereocenters. The molecule has 1 fully saturated rings. The van der Waals surface area contributed by atoms with E-state index in [1.807, 2.05) is 6.26 Å². The average Bonchev–Trinajstić information content (AvgIpc) is 2.38. The van der Waals surface area contributed by atoms with Gasteiger partial charge in [-0.25, -0.2) is 0 Å². The van der Waals surface area contributed by atoms with Gasteiger partial charge in [-0.05, 0) is 24.5 Å². The minimum Gasteiger partial charge on any atom is -0.505 e. The monoisotopic (exact) mass is 216 g/mol. The molecular weight excluding hydrogens is 196 g/mol. The molecule has 0 bridgehead atoms. The summed E-state index contributed by atoms with van der Waals surface area (Å²) < 4.78 is 5.11. The van der Waals surface area contributed by atoms with Crippen molar-refractivity contribution >= 4 is 0 Å². The molecule has 1 aliphatic carbocycles. The molecule has 16 heavy (non-hydrogen) atoms. The van der Waals surface area contributed by atoms with Crippen LogP contribution in [-0.2, 0) is 10.2 Å². The Labute approximate surface area is 98.1 Å². The Balaban J connectivity index is 2.30. The molecule has 86 valence electrons. The van der Waals surface area contributed by atoms with Crippen molar-refractivity contribution in [2.75, 3.05) is 7.11 Å². The highest BCUT2D eigenvalue weighted by Crippen LogP contribution is 2.40. The van der Waals surface area contributed by atoms with Crippen molar-refractivity contribution in [2.45, 2.75) is 37.5 Å². The van der Waals surface area contributed by atoms with Gasteiger partial charge in [0.15, 0.2) is 0 Å². The summed E-state index contributed by atoms with van der Waals surface area (Å²) in [7, 11) is 1.72. The first-order valence-corrected chi connectivity index (χ1v) is 6.13. The number of benzene rings is 1. The summed E-state index contributed by atoms with van der Waals surface area (Å²) in [4.78, 5) is 0. The third-order valence-corrected chi connectivity index (χ3v) is 3.62.